The van der Waals surface area contributed by atoms with E-state index in [1.807, 2.05) is 0 Å². The molecule has 6 heteroatoms. The molecule has 0 unspecified atom stereocenters. The normalized spacial score (nSPS) is 20.1. The zero-order valence-corrected chi connectivity index (χ0v) is 10.3. The highest BCUT2D eigenvalue weighted by Crippen LogP contribution is 2.19. The van der Waals surface area contributed by atoms with E-state index >= 15 is 0 Å². The van der Waals surface area contributed by atoms with Gasteiger partial charge in [0.05, 0.1) is 6.10 Å². The number of hydrogen-bond donors (Lipinski definition) is 3. The van der Waals surface area contributed by atoms with Crippen LogP contribution in [0, 0.1) is 0 Å². The van der Waals surface area contributed by atoms with Crippen LogP contribution < -0.4 is 5.32 Å². The maximum Gasteiger partial charge on any atom is 0.405 e. The molecule has 0 saturated carbocycles. The number of β-amino-alcohol motifs (C(OH)–C–C–N with tert-alkyl or cyclic N) is 1. The van der Waals surface area contributed by atoms with Crippen molar-refractivity contribution in [3.8, 4) is 0 Å². The number of nitrogens with zero attached hydrogens (tertiary/aromatic N) is 1. The highest BCUT2D eigenvalue weighted by molar-refractivity contribution is 5.86. The zero-order valence-electron chi connectivity index (χ0n) is 10.3. The van der Waals surface area contributed by atoms with E-state index in [9.17, 15) is 14.7 Å². The Balaban J connectivity index is 2.18. The average Bonchev–Trinajstić information content (AvgIpc) is 2.83. The van der Waals surface area contributed by atoms with Crippen molar-refractivity contribution in [1.29, 1.82) is 0 Å². The highest BCUT2D eigenvalue weighted by Gasteiger charge is 2.31. The molecule has 2 atom stereocenters. The molecule has 1 fully saturated rings. The first-order valence-electron chi connectivity index (χ1n) is 6.09. The van der Waals surface area contributed by atoms with Crippen LogP contribution in [0.25, 0.3) is 0 Å². The first-order chi connectivity index (χ1) is 9.08. The first-order valence-corrected chi connectivity index (χ1v) is 6.09. The lowest BCUT2D eigenvalue weighted by molar-refractivity contribution is -0.132. The Morgan fingerprint density at radius 2 is 2.00 bits per heavy atom. The van der Waals surface area contributed by atoms with E-state index < -0.39 is 18.2 Å². The molecule has 102 valence electrons. The third-order valence-corrected chi connectivity index (χ3v) is 3.12. The summed E-state index contributed by atoms with van der Waals surface area (Å²) in [5, 5.41) is 20.5. The minimum atomic E-state index is -1.25. The first kappa shape index (κ1) is 13.4. The monoisotopic (exact) mass is 264 g/mol. The van der Waals surface area contributed by atoms with E-state index in [1.54, 1.807) is 30.3 Å². The Labute approximate surface area is 110 Å². The maximum absolute atomic E-state index is 12.3. The number of hydrogen-bond acceptors (Lipinski definition) is 3. The van der Waals surface area contributed by atoms with Crippen LogP contribution in [-0.4, -0.2) is 46.3 Å². The summed E-state index contributed by atoms with van der Waals surface area (Å²) in [6, 6.07) is 7.76. The number of carboxylic acid groups (broad SMARTS) is 1. The zero-order chi connectivity index (χ0) is 13.8. The predicted octanol–water partition coefficient (Wildman–Crippen LogP) is 0.588. The van der Waals surface area contributed by atoms with Crippen molar-refractivity contribution in [2.75, 3.05) is 13.1 Å². The van der Waals surface area contributed by atoms with Gasteiger partial charge in [-0.3, -0.25) is 4.79 Å². The summed E-state index contributed by atoms with van der Waals surface area (Å²) in [5.41, 5.74) is 0.594. The number of nitrogens with one attached hydrogen (secondary N) is 1. The van der Waals surface area contributed by atoms with Crippen molar-refractivity contribution in [1.82, 2.24) is 10.2 Å². The number of carbonyl (C=O) groups excluding carboxylic acids is 1. The summed E-state index contributed by atoms with van der Waals surface area (Å²) < 4.78 is 0. The fourth-order valence-corrected chi connectivity index (χ4v) is 2.18. The number of aliphatic hydroxyl groups excluding tert-OH is 1. The Kier molecular flexibility index (Phi) is 4.01. The minimum absolute atomic E-state index is 0.253. The van der Waals surface area contributed by atoms with Crippen molar-refractivity contribution in [3.05, 3.63) is 35.9 Å². The second kappa shape index (κ2) is 5.71. The van der Waals surface area contributed by atoms with Gasteiger partial charge in [-0.15, -0.1) is 0 Å². The molecule has 2 rings (SSSR count). The number of benzene rings is 1. The molecule has 6 nitrogen and oxygen atoms in total. The van der Waals surface area contributed by atoms with Crippen LogP contribution >= 0.6 is 0 Å². The fourth-order valence-electron chi connectivity index (χ4n) is 2.18. The van der Waals surface area contributed by atoms with Gasteiger partial charge in [-0.2, -0.15) is 0 Å². The van der Waals surface area contributed by atoms with Gasteiger partial charge in [0.25, 0.3) is 0 Å². The second-order valence-electron chi connectivity index (χ2n) is 4.52. The van der Waals surface area contributed by atoms with Crippen LogP contribution in [0.2, 0.25) is 0 Å². The molecule has 19 heavy (non-hydrogen) atoms. The van der Waals surface area contributed by atoms with Crippen LogP contribution in [-0.2, 0) is 4.79 Å². The summed E-state index contributed by atoms with van der Waals surface area (Å²) in [6.45, 7) is 0.702. The van der Waals surface area contributed by atoms with Crippen LogP contribution in [0.3, 0.4) is 0 Å². The molecule has 0 bridgehead atoms. The SMILES string of the molecule is O=C(O)N[C@H](C(=O)N1CC[C@@H](O)C1)c1ccccc1. The van der Waals surface area contributed by atoms with Crippen molar-refractivity contribution < 1.29 is 19.8 Å². The van der Waals surface area contributed by atoms with Gasteiger partial charge in [-0.25, -0.2) is 4.79 Å². The third-order valence-electron chi connectivity index (χ3n) is 3.12. The van der Waals surface area contributed by atoms with Crippen molar-refractivity contribution >= 4 is 12.0 Å². The van der Waals surface area contributed by atoms with Crippen molar-refractivity contribution in [2.24, 2.45) is 0 Å². The minimum Gasteiger partial charge on any atom is -0.465 e. The van der Waals surface area contributed by atoms with E-state index in [-0.39, 0.29) is 12.5 Å². The average molecular weight is 264 g/mol. The van der Waals surface area contributed by atoms with E-state index in [4.69, 9.17) is 5.11 Å². The van der Waals surface area contributed by atoms with Gasteiger partial charge in [-0.05, 0) is 12.0 Å². The highest BCUT2D eigenvalue weighted by atomic mass is 16.4. The predicted molar refractivity (Wildman–Crippen MR) is 67.5 cm³/mol. The third kappa shape index (κ3) is 3.23. The van der Waals surface area contributed by atoms with Crippen LogP contribution in [0.4, 0.5) is 4.79 Å². The topological polar surface area (TPSA) is 89.9 Å². The van der Waals surface area contributed by atoms with Crippen molar-refractivity contribution in [2.45, 2.75) is 18.6 Å². The van der Waals surface area contributed by atoms with Gasteiger partial charge in [-0.1, -0.05) is 30.3 Å². The van der Waals surface area contributed by atoms with E-state index in [1.165, 1.54) is 4.90 Å². The van der Waals surface area contributed by atoms with Gasteiger partial charge in [0.1, 0.15) is 6.04 Å². The van der Waals surface area contributed by atoms with Gasteiger partial charge < -0.3 is 20.4 Å². The molecule has 0 radical (unpaired) electrons. The molecule has 1 aromatic rings. The maximum atomic E-state index is 12.3. The fraction of sp³-hybridized carbons (Fsp3) is 0.385. The Morgan fingerprint density at radius 3 is 2.53 bits per heavy atom. The summed E-state index contributed by atoms with van der Waals surface area (Å²) in [5.74, 6) is -0.329. The number of likely N-dealkylation sites (tertiary alicyclic amines) is 1. The van der Waals surface area contributed by atoms with Gasteiger partial charge in [0.2, 0.25) is 5.91 Å². The van der Waals surface area contributed by atoms with Gasteiger partial charge in [0, 0.05) is 13.1 Å². The number of aliphatic hydroxyl groups is 1. The Bertz CT molecular complexity index is 463. The number of amides is 2. The standard InChI is InChI=1S/C13H16N2O4/c16-10-6-7-15(8-10)12(17)11(14-13(18)19)9-4-2-1-3-5-9/h1-5,10-11,14,16H,6-8H2,(H,18,19)/t10-,11+/m1/s1. The Hall–Kier alpha value is -2.08. The summed E-state index contributed by atoms with van der Waals surface area (Å²) in [7, 11) is 0. The second-order valence-corrected chi connectivity index (χ2v) is 4.52. The van der Waals surface area contributed by atoms with E-state index in [0.717, 1.165) is 0 Å². The van der Waals surface area contributed by atoms with Gasteiger partial charge >= 0.3 is 6.09 Å². The lowest BCUT2D eigenvalue weighted by Crippen LogP contribution is -2.41. The van der Waals surface area contributed by atoms with Crippen LogP contribution in [0.1, 0.15) is 18.0 Å². The van der Waals surface area contributed by atoms with Crippen LogP contribution in [0.5, 0.6) is 0 Å². The summed E-state index contributed by atoms with van der Waals surface area (Å²) in [4.78, 5) is 24.6. The lowest BCUT2D eigenvalue weighted by Gasteiger charge is -2.23. The molecule has 1 aromatic carbocycles. The molecule has 0 aromatic heterocycles. The molecular weight excluding hydrogens is 248 g/mol. The molecule has 0 spiro atoms. The molecule has 3 N–H and O–H groups in total. The van der Waals surface area contributed by atoms with E-state index in [2.05, 4.69) is 5.32 Å². The lowest BCUT2D eigenvalue weighted by atomic mass is 10.1. The molecule has 1 aliphatic rings. The molecule has 1 aliphatic heterocycles. The number of rotatable bonds is 3. The molecule has 1 heterocycles. The molecule has 1 saturated heterocycles. The summed E-state index contributed by atoms with van der Waals surface area (Å²) in [6.07, 6.45) is -1.24. The van der Waals surface area contributed by atoms with Crippen molar-refractivity contribution in [3.63, 3.8) is 0 Å². The molecular formula is C13H16N2O4. The van der Waals surface area contributed by atoms with Crippen LogP contribution in [0.15, 0.2) is 30.3 Å². The van der Waals surface area contributed by atoms with E-state index in [0.29, 0.717) is 18.5 Å². The largest absolute Gasteiger partial charge is 0.465 e. The smallest absolute Gasteiger partial charge is 0.405 e. The number of carbonyl (C=O) groups is 2. The summed E-state index contributed by atoms with van der Waals surface area (Å²) >= 11 is 0. The quantitative estimate of drug-likeness (QED) is 0.745. The van der Waals surface area contributed by atoms with Gasteiger partial charge in [0.15, 0.2) is 0 Å². The Morgan fingerprint density at radius 1 is 1.32 bits per heavy atom. The molecule has 0 aliphatic carbocycles. The molecule has 2 amide bonds.